The Balaban J connectivity index is 0.000000366. The van der Waals surface area contributed by atoms with Crippen molar-refractivity contribution in [3.05, 3.63) is 29.8 Å². The molecule has 1 rings (SSSR count). The minimum Gasteiger partial charge on any atom is -0.391 e. The summed E-state index contributed by atoms with van der Waals surface area (Å²) in [5, 5.41) is 16.8. The van der Waals surface area contributed by atoms with Crippen molar-refractivity contribution in [2.75, 3.05) is 0 Å². The van der Waals surface area contributed by atoms with Crippen molar-refractivity contribution in [1.29, 1.82) is 0 Å². The molecule has 1 aromatic carbocycles. The van der Waals surface area contributed by atoms with E-state index in [0.29, 0.717) is 5.56 Å². The van der Waals surface area contributed by atoms with E-state index in [4.69, 9.17) is 14.8 Å². The molecule has 3 N–H and O–H groups in total. The van der Waals surface area contributed by atoms with E-state index < -0.39 is 22.3 Å². The Kier molecular flexibility index (Phi) is 6.33. The Hall–Kier alpha value is -0.950. The summed E-state index contributed by atoms with van der Waals surface area (Å²) in [5.74, 6) is 0. The second-order valence-corrected chi connectivity index (χ2v) is 5.11. The van der Waals surface area contributed by atoms with Crippen LogP contribution in [0.2, 0.25) is 0 Å². The van der Waals surface area contributed by atoms with Gasteiger partial charge in [-0.1, -0.05) is 18.2 Å². The van der Waals surface area contributed by atoms with Crippen molar-refractivity contribution in [2.45, 2.75) is 37.9 Å². The van der Waals surface area contributed by atoms with E-state index in [-0.39, 0.29) is 4.90 Å². The molecule has 0 aliphatic heterocycles. The molecule has 0 spiro atoms. The van der Waals surface area contributed by atoms with Crippen molar-refractivity contribution < 1.29 is 23.2 Å². The lowest BCUT2D eigenvalue weighted by atomic mass is 10.2. The number of aliphatic hydroxyl groups excluding tert-OH is 2. The lowest BCUT2D eigenvalue weighted by Crippen LogP contribution is -2.17. The second-order valence-electron chi connectivity index (χ2n) is 3.72. The van der Waals surface area contributed by atoms with Crippen molar-refractivity contribution in [2.24, 2.45) is 0 Å². The molecule has 0 fully saturated rings. The van der Waals surface area contributed by atoms with Gasteiger partial charge in [0.05, 0.1) is 17.1 Å². The Bertz CT molecular complexity index is 431. The van der Waals surface area contributed by atoms with Crippen LogP contribution < -0.4 is 0 Å². The highest BCUT2D eigenvalue weighted by Crippen LogP contribution is 2.12. The van der Waals surface area contributed by atoms with Crippen LogP contribution in [0, 0.1) is 6.92 Å². The molecule has 2 atom stereocenters. The minimum atomic E-state index is -4.03. The van der Waals surface area contributed by atoms with Gasteiger partial charge in [0.2, 0.25) is 0 Å². The SMILES string of the molecule is CC(O)C(C)O.Cc1ccccc1S(=O)(=O)O. The van der Waals surface area contributed by atoms with Crippen molar-refractivity contribution in [3.63, 3.8) is 0 Å². The fourth-order valence-corrected chi connectivity index (χ4v) is 1.57. The first kappa shape index (κ1) is 16.1. The van der Waals surface area contributed by atoms with Gasteiger partial charge in [0.1, 0.15) is 0 Å². The normalized spacial score (nSPS) is 14.5. The molecular weight excluding hydrogens is 244 g/mol. The van der Waals surface area contributed by atoms with Gasteiger partial charge in [0.15, 0.2) is 0 Å². The molecule has 5 nitrogen and oxygen atoms in total. The van der Waals surface area contributed by atoms with Crippen molar-refractivity contribution >= 4 is 10.1 Å². The molecule has 6 heteroatoms. The predicted octanol–water partition coefficient (Wildman–Crippen LogP) is 0.990. The van der Waals surface area contributed by atoms with E-state index in [2.05, 4.69) is 0 Å². The van der Waals surface area contributed by atoms with E-state index in [0.717, 1.165) is 0 Å². The summed E-state index contributed by atoms with van der Waals surface area (Å²) in [4.78, 5) is -0.0278. The van der Waals surface area contributed by atoms with Crippen LogP contribution in [0.15, 0.2) is 29.2 Å². The van der Waals surface area contributed by atoms with Gasteiger partial charge >= 0.3 is 0 Å². The van der Waals surface area contributed by atoms with Gasteiger partial charge in [-0.25, -0.2) is 0 Å². The van der Waals surface area contributed by atoms with Crippen LogP contribution in [0.4, 0.5) is 0 Å². The van der Waals surface area contributed by atoms with Crippen LogP contribution in [-0.4, -0.2) is 35.4 Å². The number of aliphatic hydroxyl groups is 2. The summed E-state index contributed by atoms with van der Waals surface area (Å²) in [6.45, 7) is 4.72. The van der Waals surface area contributed by atoms with Crippen molar-refractivity contribution in [1.82, 2.24) is 0 Å². The Labute approximate surface area is 101 Å². The molecule has 0 saturated carbocycles. The fraction of sp³-hybridized carbons (Fsp3) is 0.455. The van der Waals surface area contributed by atoms with Crippen LogP contribution >= 0.6 is 0 Å². The van der Waals surface area contributed by atoms with Gasteiger partial charge < -0.3 is 10.2 Å². The highest BCUT2D eigenvalue weighted by atomic mass is 32.2. The maximum absolute atomic E-state index is 10.6. The van der Waals surface area contributed by atoms with Crippen LogP contribution in [-0.2, 0) is 10.1 Å². The molecule has 0 bridgehead atoms. The summed E-state index contributed by atoms with van der Waals surface area (Å²) < 4.78 is 29.9. The highest BCUT2D eigenvalue weighted by molar-refractivity contribution is 7.85. The first-order valence-electron chi connectivity index (χ1n) is 5.05. The molecule has 0 saturated heterocycles. The standard InChI is InChI=1S/C7H8O3S.C4H10O2/c1-6-4-2-3-5-7(6)11(8,9)10;1-3(5)4(2)6/h2-5H,1H3,(H,8,9,10);3-6H,1-2H3. The molecule has 2 unspecified atom stereocenters. The third kappa shape index (κ3) is 6.38. The molecule has 0 radical (unpaired) electrons. The maximum atomic E-state index is 10.6. The molecular formula is C11H18O5S. The Morgan fingerprint density at radius 1 is 1.06 bits per heavy atom. The second kappa shape index (κ2) is 6.70. The lowest BCUT2D eigenvalue weighted by molar-refractivity contribution is 0.0438. The third-order valence-corrected chi connectivity index (χ3v) is 3.08. The Morgan fingerprint density at radius 3 is 1.71 bits per heavy atom. The van der Waals surface area contributed by atoms with Gasteiger partial charge in [0.25, 0.3) is 10.1 Å². The maximum Gasteiger partial charge on any atom is 0.294 e. The summed E-state index contributed by atoms with van der Waals surface area (Å²) in [7, 11) is -4.03. The number of rotatable bonds is 2. The average Bonchev–Trinajstić information content (AvgIpc) is 2.17. The number of aryl methyl sites for hydroxylation is 1. The summed E-state index contributed by atoms with van der Waals surface area (Å²) >= 11 is 0. The third-order valence-electron chi connectivity index (χ3n) is 2.07. The van der Waals surface area contributed by atoms with Gasteiger partial charge in [-0.15, -0.1) is 0 Å². The first-order chi connectivity index (χ1) is 7.66. The summed E-state index contributed by atoms with van der Waals surface area (Å²) in [6, 6.07) is 6.27. The van der Waals surface area contributed by atoms with Crippen LogP contribution in [0.3, 0.4) is 0 Å². The van der Waals surface area contributed by atoms with Gasteiger partial charge in [-0.3, -0.25) is 4.55 Å². The summed E-state index contributed by atoms with van der Waals surface area (Å²) in [5.41, 5.74) is 0.551. The zero-order valence-corrected chi connectivity index (χ0v) is 10.8. The van der Waals surface area contributed by atoms with Crippen LogP contribution in [0.1, 0.15) is 19.4 Å². The summed E-state index contributed by atoms with van der Waals surface area (Å²) in [6.07, 6.45) is -1.19. The largest absolute Gasteiger partial charge is 0.391 e. The topological polar surface area (TPSA) is 94.8 Å². The van der Waals surface area contributed by atoms with Gasteiger partial charge in [-0.2, -0.15) is 8.42 Å². The fourth-order valence-electron chi connectivity index (χ4n) is 0.846. The number of benzene rings is 1. The van der Waals surface area contributed by atoms with Gasteiger partial charge in [-0.05, 0) is 32.4 Å². The molecule has 0 aliphatic carbocycles. The van der Waals surface area contributed by atoms with E-state index in [1.54, 1.807) is 39.0 Å². The van der Waals surface area contributed by atoms with E-state index >= 15 is 0 Å². The Morgan fingerprint density at radius 2 is 1.47 bits per heavy atom. The molecule has 1 aromatic rings. The van der Waals surface area contributed by atoms with Crippen LogP contribution in [0.5, 0.6) is 0 Å². The van der Waals surface area contributed by atoms with Crippen LogP contribution in [0.25, 0.3) is 0 Å². The quantitative estimate of drug-likeness (QED) is 0.691. The molecule has 17 heavy (non-hydrogen) atoms. The smallest absolute Gasteiger partial charge is 0.294 e. The molecule has 0 aromatic heterocycles. The minimum absolute atomic E-state index is 0.0278. The molecule has 98 valence electrons. The first-order valence-corrected chi connectivity index (χ1v) is 6.49. The van der Waals surface area contributed by atoms with E-state index in [1.165, 1.54) is 6.07 Å². The highest BCUT2D eigenvalue weighted by Gasteiger charge is 2.10. The average molecular weight is 262 g/mol. The zero-order valence-electron chi connectivity index (χ0n) is 10.0. The number of hydrogen-bond acceptors (Lipinski definition) is 4. The van der Waals surface area contributed by atoms with Crippen molar-refractivity contribution in [3.8, 4) is 0 Å². The van der Waals surface area contributed by atoms with Gasteiger partial charge in [0, 0.05) is 0 Å². The molecule has 0 heterocycles. The molecule has 0 aliphatic rings. The lowest BCUT2D eigenvalue weighted by Gasteiger charge is -2.03. The van der Waals surface area contributed by atoms with E-state index in [1.807, 2.05) is 0 Å². The number of hydrogen-bond donors (Lipinski definition) is 3. The molecule has 0 amide bonds. The van der Waals surface area contributed by atoms with E-state index in [9.17, 15) is 8.42 Å². The predicted molar refractivity (Wildman–Crippen MR) is 64.4 cm³/mol. The monoisotopic (exact) mass is 262 g/mol. The zero-order chi connectivity index (χ0) is 13.6.